The van der Waals surface area contributed by atoms with Gasteiger partial charge in [0.15, 0.2) is 0 Å². The first-order valence-electron chi connectivity index (χ1n) is 5.43. The molecule has 2 N–H and O–H groups in total. The van der Waals surface area contributed by atoms with Crippen LogP contribution >= 0.6 is 0 Å². The normalized spacial score (nSPS) is 12.3. The molecule has 18 heavy (non-hydrogen) atoms. The molecule has 1 rings (SSSR count). The van der Waals surface area contributed by atoms with E-state index in [1.165, 1.54) is 31.2 Å². The number of nitrogens with one attached hydrogen (secondary N) is 1. The number of hydrogen-bond donors (Lipinski definition) is 2. The van der Waals surface area contributed by atoms with Gasteiger partial charge in [0.2, 0.25) is 5.91 Å². The lowest BCUT2D eigenvalue weighted by atomic mass is 10.2. The molecule has 1 atom stereocenters. The summed E-state index contributed by atoms with van der Waals surface area (Å²) in [6.07, 6.45) is 2.70. The van der Waals surface area contributed by atoms with E-state index in [-0.39, 0.29) is 12.4 Å². The van der Waals surface area contributed by atoms with Gasteiger partial charge in [-0.05, 0) is 23.8 Å². The van der Waals surface area contributed by atoms with E-state index in [4.69, 9.17) is 5.11 Å². The van der Waals surface area contributed by atoms with Crippen LogP contribution in [0.1, 0.15) is 12.5 Å². The van der Waals surface area contributed by atoms with E-state index in [2.05, 4.69) is 5.32 Å². The molecule has 0 heterocycles. The number of rotatable bonds is 5. The number of carboxylic acids is 1. The van der Waals surface area contributed by atoms with Crippen LogP contribution in [0.5, 0.6) is 0 Å². The van der Waals surface area contributed by atoms with Crippen molar-refractivity contribution in [2.75, 3.05) is 6.54 Å². The Morgan fingerprint density at radius 1 is 1.50 bits per heavy atom. The van der Waals surface area contributed by atoms with Crippen molar-refractivity contribution < 1.29 is 19.1 Å². The Bertz CT molecular complexity index is 471. The SMILES string of the molecule is C[C@@H](CNC(=O)/C=C\c1cccc(F)c1)C(=O)O. The van der Waals surface area contributed by atoms with Crippen molar-refractivity contribution in [1.29, 1.82) is 0 Å². The number of carbonyl (C=O) groups is 2. The van der Waals surface area contributed by atoms with Crippen LogP contribution < -0.4 is 5.32 Å². The topological polar surface area (TPSA) is 66.4 Å². The van der Waals surface area contributed by atoms with E-state index in [1.54, 1.807) is 12.1 Å². The van der Waals surface area contributed by atoms with Gasteiger partial charge in [-0.1, -0.05) is 19.1 Å². The Labute approximate surface area is 104 Å². The summed E-state index contributed by atoms with van der Waals surface area (Å²) in [4.78, 5) is 21.9. The highest BCUT2D eigenvalue weighted by Gasteiger charge is 2.10. The van der Waals surface area contributed by atoms with Gasteiger partial charge in [0.1, 0.15) is 5.82 Å². The molecular weight excluding hydrogens is 237 g/mol. The number of amides is 1. The van der Waals surface area contributed by atoms with Crippen LogP contribution in [-0.4, -0.2) is 23.5 Å². The molecule has 0 fully saturated rings. The summed E-state index contributed by atoms with van der Waals surface area (Å²) < 4.78 is 12.8. The van der Waals surface area contributed by atoms with E-state index in [9.17, 15) is 14.0 Å². The second-order valence-electron chi connectivity index (χ2n) is 3.87. The van der Waals surface area contributed by atoms with Crippen LogP contribution in [0.15, 0.2) is 30.3 Å². The van der Waals surface area contributed by atoms with Gasteiger partial charge in [-0.3, -0.25) is 9.59 Å². The van der Waals surface area contributed by atoms with Crippen LogP contribution in [0, 0.1) is 11.7 Å². The summed E-state index contributed by atoms with van der Waals surface area (Å²) in [6, 6.07) is 5.81. The summed E-state index contributed by atoms with van der Waals surface area (Å²) in [5.41, 5.74) is 0.566. The average Bonchev–Trinajstić information content (AvgIpc) is 2.33. The summed E-state index contributed by atoms with van der Waals surface area (Å²) in [6.45, 7) is 1.56. The smallest absolute Gasteiger partial charge is 0.308 e. The monoisotopic (exact) mass is 251 g/mol. The van der Waals surface area contributed by atoms with Crippen molar-refractivity contribution in [3.05, 3.63) is 41.7 Å². The van der Waals surface area contributed by atoms with Gasteiger partial charge < -0.3 is 10.4 Å². The van der Waals surface area contributed by atoms with Crippen molar-refractivity contribution in [2.45, 2.75) is 6.92 Å². The number of carbonyl (C=O) groups excluding carboxylic acids is 1. The van der Waals surface area contributed by atoms with Crippen molar-refractivity contribution >= 4 is 18.0 Å². The van der Waals surface area contributed by atoms with E-state index in [0.717, 1.165) is 0 Å². The van der Waals surface area contributed by atoms with Crippen LogP contribution in [0.3, 0.4) is 0 Å². The molecule has 1 aromatic rings. The molecule has 1 amide bonds. The largest absolute Gasteiger partial charge is 0.481 e. The van der Waals surface area contributed by atoms with Crippen LogP contribution in [0.25, 0.3) is 6.08 Å². The van der Waals surface area contributed by atoms with Gasteiger partial charge in [0, 0.05) is 12.6 Å². The number of halogens is 1. The predicted molar refractivity (Wildman–Crippen MR) is 65.2 cm³/mol. The van der Waals surface area contributed by atoms with E-state index >= 15 is 0 Å². The van der Waals surface area contributed by atoms with Crippen molar-refractivity contribution in [1.82, 2.24) is 5.32 Å². The molecule has 5 heteroatoms. The maximum Gasteiger partial charge on any atom is 0.308 e. The van der Waals surface area contributed by atoms with Gasteiger partial charge in [-0.2, -0.15) is 0 Å². The van der Waals surface area contributed by atoms with Crippen molar-refractivity contribution in [3.63, 3.8) is 0 Å². The zero-order valence-electron chi connectivity index (χ0n) is 9.89. The fourth-order valence-corrected chi connectivity index (χ4v) is 1.18. The number of hydrogen-bond acceptors (Lipinski definition) is 2. The molecule has 0 unspecified atom stereocenters. The number of benzene rings is 1. The number of carboxylic acid groups (broad SMARTS) is 1. The Hall–Kier alpha value is -2.17. The maximum atomic E-state index is 12.8. The first-order chi connectivity index (χ1) is 8.49. The standard InChI is InChI=1S/C13H14FNO3/c1-9(13(17)18)8-15-12(16)6-5-10-3-2-4-11(14)7-10/h2-7,9H,8H2,1H3,(H,15,16)(H,17,18)/b6-5-/t9-/m0/s1. The number of aliphatic carboxylic acids is 1. The molecular formula is C13H14FNO3. The van der Waals surface area contributed by atoms with Crippen LogP contribution in [0.2, 0.25) is 0 Å². The second kappa shape index (κ2) is 6.54. The van der Waals surface area contributed by atoms with E-state index < -0.39 is 17.8 Å². The van der Waals surface area contributed by atoms with Gasteiger partial charge in [0.25, 0.3) is 0 Å². The molecule has 0 aliphatic rings. The van der Waals surface area contributed by atoms with Crippen molar-refractivity contribution in [3.8, 4) is 0 Å². The summed E-state index contributed by atoms with van der Waals surface area (Å²) in [5, 5.41) is 11.1. The lowest BCUT2D eigenvalue weighted by molar-refractivity contribution is -0.141. The molecule has 0 radical (unpaired) electrons. The molecule has 0 saturated carbocycles. The average molecular weight is 251 g/mol. The van der Waals surface area contributed by atoms with Crippen LogP contribution in [-0.2, 0) is 9.59 Å². The fourth-order valence-electron chi connectivity index (χ4n) is 1.18. The zero-order chi connectivity index (χ0) is 13.5. The molecule has 0 saturated heterocycles. The molecule has 0 aliphatic carbocycles. The summed E-state index contributed by atoms with van der Waals surface area (Å²) in [5.74, 6) is -2.40. The second-order valence-corrected chi connectivity index (χ2v) is 3.87. The minimum atomic E-state index is -0.968. The fraction of sp³-hybridized carbons (Fsp3) is 0.231. The van der Waals surface area contributed by atoms with Crippen LogP contribution in [0.4, 0.5) is 4.39 Å². The molecule has 0 aliphatic heterocycles. The Morgan fingerprint density at radius 3 is 2.83 bits per heavy atom. The molecule has 0 bridgehead atoms. The van der Waals surface area contributed by atoms with Gasteiger partial charge in [-0.25, -0.2) is 4.39 Å². The van der Waals surface area contributed by atoms with Gasteiger partial charge >= 0.3 is 5.97 Å². The van der Waals surface area contributed by atoms with Gasteiger partial charge in [-0.15, -0.1) is 0 Å². The minimum Gasteiger partial charge on any atom is -0.481 e. The molecule has 1 aromatic carbocycles. The quantitative estimate of drug-likeness (QED) is 0.782. The lowest BCUT2D eigenvalue weighted by Crippen LogP contribution is -2.30. The molecule has 0 spiro atoms. The third-order valence-corrected chi connectivity index (χ3v) is 2.28. The highest BCUT2D eigenvalue weighted by atomic mass is 19.1. The third kappa shape index (κ3) is 4.78. The lowest BCUT2D eigenvalue weighted by Gasteiger charge is -2.05. The molecule has 4 nitrogen and oxygen atoms in total. The Balaban J connectivity index is 2.47. The Morgan fingerprint density at radius 2 is 2.22 bits per heavy atom. The zero-order valence-corrected chi connectivity index (χ0v) is 9.89. The summed E-state index contributed by atoms with van der Waals surface area (Å²) in [7, 11) is 0. The third-order valence-electron chi connectivity index (χ3n) is 2.28. The minimum absolute atomic E-state index is 0.0572. The summed E-state index contributed by atoms with van der Waals surface area (Å²) >= 11 is 0. The van der Waals surface area contributed by atoms with Crippen molar-refractivity contribution in [2.24, 2.45) is 5.92 Å². The highest BCUT2D eigenvalue weighted by Crippen LogP contribution is 2.05. The first-order valence-corrected chi connectivity index (χ1v) is 5.43. The molecule has 96 valence electrons. The predicted octanol–water partition coefficient (Wildman–Crippen LogP) is 1.68. The molecule has 0 aromatic heterocycles. The Kier molecular flexibility index (Phi) is 5.05. The first kappa shape index (κ1) is 13.9. The van der Waals surface area contributed by atoms with E-state index in [1.807, 2.05) is 0 Å². The maximum absolute atomic E-state index is 12.8. The van der Waals surface area contributed by atoms with E-state index in [0.29, 0.717) is 5.56 Å². The highest BCUT2D eigenvalue weighted by molar-refractivity contribution is 5.91. The van der Waals surface area contributed by atoms with Gasteiger partial charge in [0.05, 0.1) is 5.92 Å².